The number of aliphatic carboxylic acids is 1. The van der Waals surface area contributed by atoms with Crippen LogP contribution in [-0.4, -0.2) is 128 Å². The minimum absolute atomic E-state index is 0.400. The number of carbonyl (C=O) groups is 4. The highest BCUT2D eigenvalue weighted by Crippen LogP contribution is 2.28. The average molecular weight is 594 g/mol. The monoisotopic (exact) mass is 593 g/mol. The third-order valence-electron chi connectivity index (χ3n) is 6.69. The van der Waals surface area contributed by atoms with Gasteiger partial charge in [0.2, 0.25) is 11.8 Å². The Morgan fingerprint density at radius 2 is 1.61 bits per heavy atom. The highest BCUT2D eigenvalue weighted by molar-refractivity contribution is 5.93. The van der Waals surface area contributed by atoms with Crippen molar-refractivity contribution >= 4 is 23.9 Å². The van der Waals surface area contributed by atoms with E-state index in [0.717, 1.165) is 0 Å². The smallest absolute Gasteiger partial charge is 0.408 e. The van der Waals surface area contributed by atoms with Gasteiger partial charge in [-0.2, -0.15) is 0 Å². The lowest BCUT2D eigenvalue weighted by atomic mass is 9.91. The van der Waals surface area contributed by atoms with E-state index in [1.165, 1.54) is 6.92 Å². The van der Waals surface area contributed by atoms with Crippen LogP contribution in [0.5, 0.6) is 0 Å². The summed E-state index contributed by atoms with van der Waals surface area (Å²) in [5, 5.41) is 66.3. The van der Waals surface area contributed by atoms with Crippen molar-refractivity contribution in [1.29, 1.82) is 0 Å². The summed E-state index contributed by atoms with van der Waals surface area (Å²) in [5.41, 5.74) is -0.947. The Hall–Kier alpha value is -2.60. The number of nitrogens with one attached hydrogen (secondary N) is 3. The number of ether oxygens (including phenoxy) is 3. The minimum atomic E-state index is -1.80. The lowest BCUT2D eigenvalue weighted by molar-refractivity contribution is -0.307. The van der Waals surface area contributed by atoms with Gasteiger partial charge in [0.05, 0.1) is 31.3 Å². The standard InChI is InChI=1S/C25H43N3O13/c1-11-18(33)19(34)20(35)23(39-11)40-15-8-6-5-7-12(15)26-22(37)17(14(30)10-29)28-21(36)13(9-16(31)32)27-24(38)41-25(2,3)4/h11-15,17-20,23,29-30,33-35H,5-10H2,1-4H3,(H,26,37)(H,27,38)(H,28,36)(H,31,32)/t11-,12+,13-,14+,15+,17-,18+,19+,20-,23-/m0/s1. The van der Waals surface area contributed by atoms with E-state index in [0.29, 0.717) is 25.7 Å². The third kappa shape index (κ3) is 10.3. The van der Waals surface area contributed by atoms with E-state index < -0.39 is 104 Å². The van der Waals surface area contributed by atoms with Crippen LogP contribution in [0.25, 0.3) is 0 Å². The number of carboxylic acid groups (broad SMARTS) is 1. The second-order valence-corrected chi connectivity index (χ2v) is 11.3. The van der Waals surface area contributed by atoms with Gasteiger partial charge in [-0.3, -0.25) is 14.4 Å². The molecule has 0 unspecified atom stereocenters. The van der Waals surface area contributed by atoms with Crippen molar-refractivity contribution in [2.45, 2.75) is 126 Å². The van der Waals surface area contributed by atoms with Crippen LogP contribution in [0.4, 0.5) is 4.79 Å². The van der Waals surface area contributed by atoms with E-state index in [1.54, 1.807) is 20.8 Å². The van der Waals surface area contributed by atoms with Crippen molar-refractivity contribution in [3.8, 4) is 0 Å². The molecule has 10 atom stereocenters. The molecule has 2 aliphatic rings. The Morgan fingerprint density at radius 3 is 2.20 bits per heavy atom. The predicted octanol–water partition coefficient (Wildman–Crippen LogP) is -2.54. The minimum Gasteiger partial charge on any atom is -0.481 e. The Balaban J connectivity index is 2.14. The second kappa shape index (κ2) is 15.0. The van der Waals surface area contributed by atoms with Gasteiger partial charge in [0.25, 0.3) is 0 Å². The van der Waals surface area contributed by atoms with E-state index in [9.17, 15) is 49.8 Å². The lowest BCUT2D eigenvalue weighted by Crippen LogP contribution is -2.62. The van der Waals surface area contributed by atoms with Gasteiger partial charge in [-0.15, -0.1) is 0 Å². The molecular formula is C25H43N3O13. The van der Waals surface area contributed by atoms with Crippen LogP contribution >= 0.6 is 0 Å². The van der Waals surface area contributed by atoms with Crippen LogP contribution in [0.3, 0.4) is 0 Å². The van der Waals surface area contributed by atoms with Gasteiger partial charge in [-0.05, 0) is 40.5 Å². The predicted molar refractivity (Wildman–Crippen MR) is 138 cm³/mol. The molecule has 0 spiro atoms. The molecule has 0 aromatic heterocycles. The number of aliphatic hydroxyl groups is 5. The molecule has 16 nitrogen and oxygen atoms in total. The van der Waals surface area contributed by atoms with Gasteiger partial charge in [0.1, 0.15) is 42.1 Å². The summed E-state index contributed by atoms with van der Waals surface area (Å²) >= 11 is 0. The van der Waals surface area contributed by atoms with E-state index >= 15 is 0 Å². The van der Waals surface area contributed by atoms with Crippen LogP contribution in [-0.2, 0) is 28.6 Å². The summed E-state index contributed by atoms with van der Waals surface area (Å²) in [4.78, 5) is 49.6. The maximum Gasteiger partial charge on any atom is 0.408 e. The zero-order valence-corrected chi connectivity index (χ0v) is 23.6. The molecule has 1 aliphatic heterocycles. The van der Waals surface area contributed by atoms with Crippen molar-refractivity contribution < 1.29 is 64.0 Å². The van der Waals surface area contributed by atoms with Crippen LogP contribution < -0.4 is 16.0 Å². The molecule has 2 fully saturated rings. The Kier molecular flexibility index (Phi) is 12.7. The number of rotatable bonds is 11. The Labute approximate surface area is 237 Å². The van der Waals surface area contributed by atoms with Crippen molar-refractivity contribution in [3.63, 3.8) is 0 Å². The molecule has 41 heavy (non-hydrogen) atoms. The fourth-order valence-corrected chi connectivity index (χ4v) is 4.52. The van der Waals surface area contributed by atoms with Gasteiger partial charge in [0.15, 0.2) is 6.29 Å². The van der Waals surface area contributed by atoms with Crippen molar-refractivity contribution in [2.75, 3.05) is 6.61 Å². The average Bonchev–Trinajstić information content (AvgIpc) is 2.87. The molecule has 0 aromatic carbocycles. The molecule has 1 saturated heterocycles. The zero-order valence-electron chi connectivity index (χ0n) is 23.6. The molecule has 0 radical (unpaired) electrons. The topological polar surface area (TPSA) is 253 Å². The molecule has 0 aromatic rings. The van der Waals surface area contributed by atoms with Crippen LogP contribution in [0.2, 0.25) is 0 Å². The molecule has 1 heterocycles. The zero-order chi connectivity index (χ0) is 31.1. The first-order chi connectivity index (χ1) is 19.0. The molecule has 1 aliphatic carbocycles. The maximum atomic E-state index is 13.2. The van der Waals surface area contributed by atoms with Crippen molar-refractivity contribution in [2.24, 2.45) is 0 Å². The highest BCUT2D eigenvalue weighted by atomic mass is 16.7. The molecular weight excluding hydrogens is 550 g/mol. The van der Waals surface area contributed by atoms with Crippen molar-refractivity contribution in [1.82, 2.24) is 16.0 Å². The van der Waals surface area contributed by atoms with E-state index in [4.69, 9.17) is 14.2 Å². The SMILES string of the molecule is C[C@@H]1O[C@@H](O[C@@H]2CCCC[C@H]2NC(=O)[C@@H](NC(=O)[C@H](CC(=O)O)NC(=O)OC(C)(C)C)[C@H](O)CO)[C@@H](O)[C@H](O)[C@@H]1O. The first-order valence-electron chi connectivity index (χ1n) is 13.5. The second-order valence-electron chi connectivity index (χ2n) is 11.3. The number of hydrogen-bond acceptors (Lipinski definition) is 12. The first-order valence-corrected chi connectivity index (χ1v) is 13.5. The maximum absolute atomic E-state index is 13.2. The van der Waals surface area contributed by atoms with Crippen LogP contribution in [0, 0.1) is 0 Å². The van der Waals surface area contributed by atoms with Crippen LogP contribution in [0.1, 0.15) is 59.8 Å². The summed E-state index contributed by atoms with van der Waals surface area (Å²) in [6, 6.07) is -4.13. The van der Waals surface area contributed by atoms with Gasteiger partial charge in [-0.1, -0.05) is 12.8 Å². The number of aliphatic hydroxyl groups excluding tert-OH is 5. The number of carboxylic acids is 1. The Morgan fingerprint density at radius 1 is 0.976 bits per heavy atom. The van der Waals surface area contributed by atoms with E-state index in [-0.39, 0.29) is 0 Å². The largest absolute Gasteiger partial charge is 0.481 e. The van der Waals surface area contributed by atoms with Crippen molar-refractivity contribution in [3.05, 3.63) is 0 Å². The summed E-state index contributed by atoms with van der Waals surface area (Å²) in [7, 11) is 0. The first kappa shape index (κ1) is 34.6. The van der Waals surface area contributed by atoms with Gasteiger partial charge < -0.3 is 60.8 Å². The normalized spacial score (nSPS) is 30.8. The number of alkyl carbamates (subject to hydrolysis) is 1. The van der Waals surface area contributed by atoms with Gasteiger partial charge >= 0.3 is 12.1 Å². The lowest BCUT2D eigenvalue weighted by Gasteiger charge is -2.42. The summed E-state index contributed by atoms with van der Waals surface area (Å²) in [6.07, 6.45) is -8.83. The molecule has 236 valence electrons. The molecule has 16 heteroatoms. The fourth-order valence-electron chi connectivity index (χ4n) is 4.52. The number of carbonyl (C=O) groups excluding carboxylic acids is 3. The molecule has 0 bridgehead atoms. The van der Waals surface area contributed by atoms with Crippen LogP contribution in [0.15, 0.2) is 0 Å². The molecule has 3 amide bonds. The van der Waals surface area contributed by atoms with E-state index in [1.807, 2.05) is 0 Å². The summed E-state index contributed by atoms with van der Waals surface area (Å²) < 4.78 is 16.4. The van der Waals surface area contributed by atoms with Gasteiger partial charge in [0, 0.05) is 0 Å². The summed E-state index contributed by atoms with van der Waals surface area (Å²) in [6.45, 7) is 5.24. The number of amides is 3. The summed E-state index contributed by atoms with van der Waals surface area (Å²) in [5.74, 6) is -3.49. The fraction of sp³-hybridized carbons (Fsp3) is 0.840. The quantitative estimate of drug-likeness (QED) is 0.120. The molecule has 2 rings (SSSR count). The van der Waals surface area contributed by atoms with Gasteiger partial charge in [-0.25, -0.2) is 4.79 Å². The molecule has 9 N–H and O–H groups in total. The number of hydrogen-bond donors (Lipinski definition) is 9. The van der Waals surface area contributed by atoms with E-state index in [2.05, 4.69) is 16.0 Å². The Bertz CT molecular complexity index is 914. The third-order valence-corrected chi connectivity index (χ3v) is 6.69. The molecule has 1 saturated carbocycles. The highest BCUT2D eigenvalue weighted by Gasteiger charge is 2.45.